The van der Waals surface area contributed by atoms with E-state index >= 15 is 0 Å². The van der Waals surface area contributed by atoms with Gasteiger partial charge in [-0.3, -0.25) is 4.79 Å². The Balaban J connectivity index is 2.78. The van der Waals surface area contributed by atoms with E-state index in [2.05, 4.69) is 5.32 Å². The molecule has 1 aromatic carbocycles. The van der Waals surface area contributed by atoms with Gasteiger partial charge < -0.3 is 20.9 Å². The van der Waals surface area contributed by atoms with Gasteiger partial charge in [0.1, 0.15) is 0 Å². The van der Waals surface area contributed by atoms with Crippen LogP contribution >= 0.6 is 0 Å². The first kappa shape index (κ1) is 13.5. The molecule has 0 aromatic heterocycles. The molecule has 0 saturated carbocycles. The number of benzene rings is 1. The van der Waals surface area contributed by atoms with E-state index in [4.69, 9.17) is 15.6 Å². The van der Waals surface area contributed by atoms with Crippen LogP contribution in [0.4, 0.5) is 5.69 Å². The maximum absolute atomic E-state index is 11.9. The molecule has 1 unspecified atom stereocenters. The first-order valence-corrected chi connectivity index (χ1v) is 5.35. The summed E-state index contributed by atoms with van der Waals surface area (Å²) in [6.45, 7) is 1.93. The molecule has 17 heavy (non-hydrogen) atoms. The van der Waals surface area contributed by atoms with Crippen molar-refractivity contribution in [3.05, 3.63) is 29.3 Å². The van der Waals surface area contributed by atoms with Crippen LogP contribution in [0.25, 0.3) is 0 Å². The average Bonchev–Trinajstić information content (AvgIpc) is 2.31. The minimum atomic E-state index is -0.409. The number of ether oxygens (including phenoxy) is 1. The maximum atomic E-state index is 11.9. The van der Waals surface area contributed by atoms with E-state index in [1.54, 1.807) is 18.2 Å². The van der Waals surface area contributed by atoms with Gasteiger partial charge in [-0.05, 0) is 24.6 Å². The van der Waals surface area contributed by atoms with Crippen molar-refractivity contribution in [2.75, 3.05) is 26.1 Å². The Morgan fingerprint density at radius 1 is 1.59 bits per heavy atom. The highest BCUT2D eigenvalue weighted by atomic mass is 16.5. The van der Waals surface area contributed by atoms with Gasteiger partial charge in [0.25, 0.3) is 5.91 Å². The van der Waals surface area contributed by atoms with Crippen LogP contribution in [0.3, 0.4) is 0 Å². The van der Waals surface area contributed by atoms with Crippen LogP contribution in [-0.2, 0) is 4.74 Å². The molecule has 1 amide bonds. The molecule has 0 aliphatic rings. The predicted molar refractivity (Wildman–Crippen MR) is 65.8 cm³/mol. The van der Waals surface area contributed by atoms with Crippen molar-refractivity contribution >= 4 is 11.6 Å². The van der Waals surface area contributed by atoms with Gasteiger partial charge in [-0.25, -0.2) is 0 Å². The van der Waals surface area contributed by atoms with E-state index in [1.807, 2.05) is 6.92 Å². The lowest BCUT2D eigenvalue weighted by molar-refractivity contribution is 0.0839. The number of aliphatic hydroxyl groups excluding tert-OH is 1. The van der Waals surface area contributed by atoms with Crippen molar-refractivity contribution in [3.8, 4) is 0 Å². The molecule has 4 N–H and O–H groups in total. The fourth-order valence-electron chi connectivity index (χ4n) is 1.49. The molecule has 5 heteroatoms. The van der Waals surface area contributed by atoms with Gasteiger partial charge >= 0.3 is 0 Å². The molecular formula is C12H18N2O3. The number of hydrogen-bond donors (Lipinski definition) is 3. The zero-order chi connectivity index (χ0) is 12.8. The molecule has 0 spiro atoms. The molecule has 0 radical (unpaired) electrons. The van der Waals surface area contributed by atoms with Crippen LogP contribution in [0.2, 0.25) is 0 Å². The fourth-order valence-corrected chi connectivity index (χ4v) is 1.49. The predicted octanol–water partition coefficient (Wildman–Crippen LogP) is 0.314. The zero-order valence-corrected chi connectivity index (χ0v) is 10.1. The normalized spacial score (nSPS) is 12.2. The topological polar surface area (TPSA) is 84.6 Å². The molecule has 1 rings (SSSR count). The average molecular weight is 238 g/mol. The van der Waals surface area contributed by atoms with Crippen molar-refractivity contribution in [2.24, 2.45) is 0 Å². The molecule has 1 atom stereocenters. The van der Waals surface area contributed by atoms with Gasteiger partial charge in [0.2, 0.25) is 0 Å². The highest BCUT2D eigenvalue weighted by molar-refractivity contribution is 5.96. The molecular weight excluding hydrogens is 220 g/mol. The van der Waals surface area contributed by atoms with E-state index < -0.39 is 6.04 Å². The second-order valence-electron chi connectivity index (χ2n) is 3.88. The summed E-state index contributed by atoms with van der Waals surface area (Å²) in [5.41, 5.74) is 7.52. The molecule has 0 aliphatic heterocycles. The summed E-state index contributed by atoms with van der Waals surface area (Å²) in [5.74, 6) is -0.258. The lowest BCUT2D eigenvalue weighted by Gasteiger charge is -2.16. The number of carbonyl (C=O) groups is 1. The lowest BCUT2D eigenvalue weighted by atomic mass is 10.1. The third-order valence-electron chi connectivity index (χ3n) is 2.43. The van der Waals surface area contributed by atoms with E-state index in [1.165, 1.54) is 7.11 Å². The summed E-state index contributed by atoms with van der Waals surface area (Å²) < 4.78 is 4.89. The summed E-state index contributed by atoms with van der Waals surface area (Å²) in [6, 6.07) is 4.74. The number of anilines is 1. The number of carbonyl (C=O) groups excluding carboxylic acids is 1. The number of rotatable bonds is 5. The maximum Gasteiger partial charge on any atom is 0.252 e. The number of nitrogen functional groups attached to an aromatic ring is 1. The summed E-state index contributed by atoms with van der Waals surface area (Å²) in [7, 11) is 1.51. The van der Waals surface area contributed by atoms with Crippen molar-refractivity contribution in [3.63, 3.8) is 0 Å². The van der Waals surface area contributed by atoms with Crippen LogP contribution in [0.1, 0.15) is 15.9 Å². The van der Waals surface area contributed by atoms with Crippen molar-refractivity contribution < 1.29 is 14.6 Å². The van der Waals surface area contributed by atoms with Gasteiger partial charge in [0.05, 0.1) is 19.3 Å². The minimum absolute atomic E-state index is 0.166. The number of nitrogens with two attached hydrogens (primary N) is 1. The van der Waals surface area contributed by atoms with E-state index in [9.17, 15) is 4.79 Å². The number of aryl methyl sites for hydroxylation is 1. The Hall–Kier alpha value is -1.59. The minimum Gasteiger partial charge on any atom is -0.399 e. The second-order valence-corrected chi connectivity index (χ2v) is 3.88. The Morgan fingerprint density at radius 2 is 2.29 bits per heavy atom. The van der Waals surface area contributed by atoms with Crippen LogP contribution in [0.5, 0.6) is 0 Å². The van der Waals surface area contributed by atoms with Crippen molar-refractivity contribution in [2.45, 2.75) is 13.0 Å². The fraction of sp³-hybridized carbons (Fsp3) is 0.417. The molecule has 0 saturated heterocycles. The lowest BCUT2D eigenvalue weighted by Crippen LogP contribution is -2.40. The molecule has 0 aliphatic carbocycles. The molecule has 94 valence electrons. The summed E-state index contributed by atoms with van der Waals surface area (Å²) in [4.78, 5) is 11.9. The van der Waals surface area contributed by atoms with Gasteiger partial charge in [0, 0.05) is 18.4 Å². The van der Waals surface area contributed by atoms with Crippen LogP contribution in [-0.4, -0.2) is 37.4 Å². The molecule has 0 fully saturated rings. The number of hydrogen-bond acceptors (Lipinski definition) is 4. The van der Waals surface area contributed by atoms with Gasteiger partial charge in [-0.2, -0.15) is 0 Å². The Labute approximate surface area is 101 Å². The number of methoxy groups -OCH3 is 1. The van der Waals surface area contributed by atoms with Gasteiger partial charge in [-0.15, -0.1) is 0 Å². The largest absolute Gasteiger partial charge is 0.399 e. The third kappa shape index (κ3) is 3.72. The smallest absolute Gasteiger partial charge is 0.252 e. The van der Waals surface area contributed by atoms with Crippen molar-refractivity contribution in [1.29, 1.82) is 0 Å². The zero-order valence-electron chi connectivity index (χ0n) is 10.1. The van der Waals surface area contributed by atoms with Crippen LogP contribution in [0, 0.1) is 6.92 Å². The molecule has 0 heterocycles. The van der Waals surface area contributed by atoms with Gasteiger partial charge in [0.15, 0.2) is 0 Å². The molecule has 0 bridgehead atoms. The van der Waals surface area contributed by atoms with Crippen LogP contribution < -0.4 is 11.1 Å². The summed E-state index contributed by atoms with van der Waals surface area (Å²) in [5, 5.41) is 11.7. The molecule has 1 aromatic rings. The number of nitrogens with one attached hydrogen (secondary N) is 1. The third-order valence-corrected chi connectivity index (χ3v) is 2.43. The first-order valence-electron chi connectivity index (χ1n) is 5.35. The number of aliphatic hydroxyl groups is 1. The Bertz CT molecular complexity index is 393. The summed E-state index contributed by atoms with van der Waals surface area (Å²) >= 11 is 0. The highest BCUT2D eigenvalue weighted by Gasteiger charge is 2.14. The second kappa shape index (κ2) is 6.22. The summed E-state index contributed by atoms with van der Waals surface area (Å²) in [6.07, 6.45) is 0. The van der Waals surface area contributed by atoms with E-state index in [0.717, 1.165) is 5.56 Å². The highest BCUT2D eigenvalue weighted by Crippen LogP contribution is 2.12. The standard InChI is InChI=1S/C12H18N2O3/c1-8-3-4-9(13)5-11(8)12(16)14-10(6-15)7-17-2/h3-5,10,15H,6-7,13H2,1-2H3,(H,14,16). The van der Waals surface area contributed by atoms with Crippen molar-refractivity contribution in [1.82, 2.24) is 5.32 Å². The first-order chi connectivity index (χ1) is 8.08. The Morgan fingerprint density at radius 3 is 2.88 bits per heavy atom. The number of amides is 1. The Kier molecular flexibility index (Phi) is 4.93. The quantitative estimate of drug-likeness (QED) is 0.645. The van der Waals surface area contributed by atoms with E-state index in [-0.39, 0.29) is 19.1 Å². The monoisotopic (exact) mass is 238 g/mol. The SMILES string of the molecule is COCC(CO)NC(=O)c1cc(N)ccc1C. The van der Waals surface area contributed by atoms with Gasteiger partial charge in [-0.1, -0.05) is 6.07 Å². The van der Waals surface area contributed by atoms with Crippen LogP contribution in [0.15, 0.2) is 18.2 Å². The van der Waals surface area contributed by atoms with E-state index in [0.29, 0.717) is 11.3 Å². The molecule has 5 nitrogen and oxygen atoms in total.